The largest absolute Gasteiger partial charge is 0.366 e. The lowest BCUT2D eigenvalue weighted by Crippen LogP contribution is -2.45. The summed E-state index contributed by atoms with van der Waals surface area (Å²) < 4.78 is 7.12. The third-order valence-corrected chi connectivity index (χ3v) is 3.91. The molecular weight excluding hydrogens is 364 g/mol. The molecule has 0 aromatic heterocycles. The van der Waals surface area contributed by atoms with E-state index in [0.717, 1.165) is 26.7 Å². The van der Waals surface area contributed by atoms with E-state index in [1.807, 2.05) is 19.1 Å². The number of carbonyl (C=O) groups excluding carboxylic acids is 1. The molecule has 0 radical (unpaired) electrons. The van der Waals surface area contributed by atoms with Gasteiger partial charge in [-0.3, -0.25) is 4.79 Å². The van der Waals surface area contributed by atoms with Crippen LogP contribution in [0.2, 0.25) is 0 Å². The number of carbonyl (C=O) groups is 1. The van der Waals surface area contributed by atoms with Crippen LogP contribution in [0.5, 0.6) is 0 Å². The first kappa shape index (κ1) is 14.0. The van der Waals surface area contributed by atoms with Crippen molar-refractivity contribution in [1.29, 1.82) is 0 Å². The van der Waals surface area contributed by atoms with Crippen LogP contribution in [0.3, 0.4) is 0 Å². The molecule has 1 unspecified atom stereocenters. The van der Waals surface area contributed by atoms with Crippen molar-refractivity contribution >= 4 is 43.5 Å². The fourth-order valence-electron chi connectivity index (χ4n) is 1.76. The molecular formula is C12H14Br2N2O2. The van der Waals surface area contributed by atoms with E-state index in [1.54, 1.807) is 0 Å². The minimum atomic E-state index is -0.432. The van der Waals surface area contributed by atoms with Gasteiger partial charge in [0.2, 0.25) is 0 Å². The van der Waals surface area contributed by atoms with Crippen molar-refractivity contribution in [1.82, 2.24) is 5.32 Å². The van der Waals surface area contributed by atoms with E-state index < -0.39 is 6.10 Å². The van der Waals surface area contributed by atoms with Gasteiger partial charge < -0.3 is 15.4 Å². The molecule has 2 rings (SSSR count). The molecule has 6 heteroatoms. The molecule has 1 saturated heterocycles. The summed E-state index contributed by atoms with van der Waals surface area (Å²) in [6, 6.07) is 3.92. The van der Waals surface area contributed by atoms with Gasteiger partial charge in [0.15, 0.2) is 0 Å². The number of anilines is 1. The molecule has 1 heterocycles. The van der Waals surface area contributed by atoms with Gasteiger partial charge in [-0.1, -0.05) is 0 Å². The first-order valence-corrected chi connectivity index (χ1v) is 7.25. The summed E-state index contributed by atoms with van der Waals surface area (Å²) in [5, 5.41) is 6.01. The Morgan fingerprint density at radius 1 is 1.44 bits per heavy atom. The Morgan fingerprint density at radius 2 is 2.11 bits per heavy atom. The van der Waals surface area contributed by atoms with Crippen molar-refractivity contribution in [2.75, 3.05) is 25.0 Å². The van der Waals surface area contributed by atoms with Crippen LogP contribution in [-0.2, 0) is 9.53 Å². The van der Waals surface area contributed by atoms with Gasteiger partial charge in [-0.15, -0.1) is 0 Å². The summed E-state index contributed by atoms with van der Waals surface area (Å²) in [6.45, 7) is 3.90. The highest BCUT2D eigenvalue weighted by molar-refractivity contribution is 9.11. The average molecular weight is 378 g/mol. The van der Waals surface area contributed by atoms with Crippen LogP contribution in [0, 0.1) is 6.92 Å². The molecule has 98 valence electrons. The van der Waals surface area contributed by atoms with Crippen molar-refractivity contribution < 1.29 is 9.53 Å². The number of benzene rings is 1. The van der Waals surface area contributed by atoms with Gasteiger partial charge in [-0.2, -0.15) is 0 Å². The molecule has 0 saturated carbocycles. The van der Waals surface area contributed by atoms with Gasteiger partial charge in [0.25, 0.3) is 5.91 Å². The lowest BCUT2D eigenvalue weighted by molar-refractivity contribution is -0.128. The van der Waals surface area contributed by atoms with E-state index in [1.165, 1.54) is 0 Å². The summed E-state index contributed by atoms with van der Waals surface area (Å²) in [4.78, 5) is 12.0. The van der Waals surface area contributed by atoms with Gasteiger partial charge in [0.05, 0.1) is 12.3 Å². The number of hydrogen-bond acceptors (Lipinski definition) is 3. The van der Waals surface area contributed by atoms with Crippen LogP contribution < -0.4 is 10.6 Å². The van der Waals surface area contributed by atoms with Crippen molar-refractivity contribution in [3.05, 3.63) is 26.6 Å². The zero-order chi connectivity index (χ0) is 13.1. The molecule has 0 spiro atoms. The molecule has 0 aliphatic carbocycles. The first-order chi connectivity index (χ1) is 8.58. The fourth-order valence-corrected chi connectivity index (χ4v) is 3.37. The summed E-state index contributed by atoms with van der Waals surface area (Å²) in [5.41, 5.74) is 1.85. The van der Waals surface area contributed by atoms with E-state index in [0.29, 0.717) is 13.2 Å². The minimum absolute atomic E-state index is 0.132. The van der Waals surface area contributed by atoms with Crippen LogP contribution in [-0.4, -0.2) is 31.7 Å². The second kappa shape index (κ2) is 6.14. The van der Waals surface area contributed by atoms with Crippen molar-refractivity contribution in [2.45, 2.75) is 13.0 Å². The average Bonchev–Trinajstić information content (AvgIpc) is 2.34. The maximum Gasteiger partial charge on any atom is 0.254 e. The lowest BCUT2D eigenvalue weighted by Gasteiger charge is -2.23. The molecule has 1 fully saturated rings. The third kappa shape index (κ3) is 3.32. The molecule has 18 heavy (non-hydrogen) atoms. The number of ether oxygens (including phenoxy) is 1. The van der Waals surface area contributed by atoms with Gasteiger partial charge in [-0.25, -0.2) is 0 Å². The van der Waals surface area contributed by atoms with Crippen LogP contribution >= 0.6 is 31.9 Å². The van der Waals surface area contributed by atoms with E-state index in [9.17, 15) is 4.79 Å². The fraction of sp³-hybridized carbons (Fsp3) is 0.417. The third-order valence-electron chi connectivity index (χ3n) is 2.65. The Hall–Kier alpha value is -0.430. The zero-order valence-electron chi connectivity index (χ0n) is 9.93. The van der Waals surface area contributed by atoms with E-state index in [2.05, 4.69) is 42.5 Å². The molecule has 1 amide bonds. The summed E-state index contributed by atoms with van der Waals surface area (Å²) in [7, 11) is 0. The molecule has 2 N–H and O–H groups in total. The molecule has 1 aromatic carbocycles. The van der Waals surface area contributed by atoms with E-state index in [-0.39, 0.29) is 5.91 Å². The second-order valence-electron chi connectivity index (χ2n) is 4.16. The maximum absolute atomic E-state index is 12.0. The summed E-state index contributed by atoms with van der Waals surface area (Å²) in [6.07, 6.45) is -0.432. The Morgan fingerprint density at radius 3 is 2.67 bits per heavy atom. The highest BCUT2D eigenvalue weighted by atomic mass is 79.9. The monoisotopic (exact) mass is 376 g/mol. The number of amides is 1. The normalized spacial score (nSPS) is 19.6. The van der Waals surface area contributed by atoms with E-state index in [4.69, 9.17) is 4.74 Å². The maximum atomic E-state index is 12.0. The van der Waals surface area contributed by atoms with Crippen molar-refractivity contribution in [3.8, 4) is 0 Å². The Bertz CT molecular complexity index is 436. The number of hydrogen-bond donors (Lipinski definition) is 2. The number of nitrogens with one attached hydrogen (secondary N) is 2. The standard InChI is InChI=1S/C12H14Br2N2O2/c1-7-4-8(13)11(9(14)5-7)16-12(17)10-6-15-2-3-18-10/h4-5,10,15H,2-3,6H2,1H3,(H,16,17). The van der Waals surface area contributed by atoms with Crippen LogP contribution in [0.4, 0.5) is 5.69 Å². The first-order valence-electron chi connectivity index (χ1n) is 5.67. The topological polar surface area (TPSA) is 50.4 Å². The lowest BCUT2D eigenvalue weighted by atomic mass is 10.2. The van der Waals surface area contributed by atoms with Gasteiger partial charge in [-0.05, 0) is 56.5 Å². The molecule has 1 aromatic rings. The minimum Gasteiger partial charge on any atom is -0.366 e. The quantitative estimate of drug-likeness (QED) is 0.832. The van der Waals surface area contributed by atoms with Crippen LogP contribution in [0.1, 0.15) is 5.56 Å². The number of rotatable bonds is 2. The zero-order valence-corrected chi connectivity index (χ0v) is 13.1. The number of aryl methyl sites for hydroxylation is 1. The van der Waals surface area contributed by atoms with Gasteiger partial charge in [0.1, 0.15) is 6.10 Å². The molecule has 1 aliphatic heterocycles. The summed E-state index contributed by atoms with van der Waals surface area (Å²) >= 11 is 6.90. The van der Waals surface area contributed by atoms with E-state index >= 15 is 0 Å². The number of morpholine rings is 1. The van der Waals surface area contributed by atoms with Crippen molar-refractivity contribution in [2.24, 2.45) is 0 Å². The van der Waals surface area contributed by atoms with Crippen LogP contribution in [0.15, 0.2) is 21.1 Å². The van der Waals surface area contributed by atoms with Crippen LogP contribution in [0.25, 0.3) is 0 Å². The molecule has 1 atom stereocenters. The summed E-state index contributed by atoms with van der Waals surface area (Å²) in [5.74, 6) is -0.132. The Kier molecular flexibility index (Phi) is 4.77. The van der Waals surface area contributed by atoms with Gasteiger partial charge >= 0.3 is 0 Å². The highest BCUT2D eigenvalue weighted by Gasteiger charge is 2.23. The van der Waals surface area contributed by atoms with Crippen molar-refractivity contribution in [3.63, 3.8) is 0 Å². The molecule has 1 aliphatic rings. The second-order valence-corrected chi connectivity index (χ2v) is 5.87. The molecule has 4 nitrogen and oxygen atoms in total. The predicted octanol–water partition coefficient (Wildman–Crippen LogP) is 2.45. The Balaban J connectivity index is 2.11. The number of halogens is 2. The molecule has 0 bridgehead atoms. The smallest absolute Gasteiger partial charge is 0.254 e. The SMILES string of the molecule is Cc1cc(Br)c(NC(=O)C2CNCCO2)c(Br)c1. The Labute approximate surface area is 123 Å². The highest BCUT2D eigenvalue weighted by Crippen LogP contribution is 2.32. The van der Waals surface area contributed by atoms with Gasteiger partial charge in [0, 0.05) is 22.0 Å². The predicted molar refractivity (Wildman–Crippen MR) is 77.8 cm³/mol.